The standard InChI is InChI=1S/C12H8Cl2N4/c13-10-4-2-1-3-8(10)6-18-12-9(5-17-18)11(14)15-7-16-12/h1-5,7H,6H2. The zero-order chi connectivity index (χ0) is 12.5. The zero-order valence-corrected chi connectivity index (χ0v) is 10.7. The maximum atomic E-state index is 6.12. The third-order valence-electron chi connectivity index (χ3n) is 2.66. The lowest BCUT2D eigenvalue weighted by Crippen LogP contribution is -2.03. The van der Waals surface area contributed by atoms with Crippen molar-refractivity contribution in [2.45, 2.75) is 6.54 Å². The van der Waals surface area contributed by atoms with Crippen molar-refractivity contribution in [1.82, 2.24) is 19.7 Å². The predicted molar refractivity (Wildman–Crippen MR) is 70.9 cm³/mol. The molecule has 4 nitrogen and oxygen atoms in total. The fourth-order valence-electron chi connectivity index (χ4n) is 1.77. The van der Waals surface area contributed by atoms with Crippen molar-refractivity contribution in [2.75, 3.05) is 0 Å². The van der Waals surface area contributed by atoms with Crippen LogP contribution < -0.4 is 0 Å². The maximum Gasteiger partial charge on any atom is 0.162 e. The molecular weight excluding hydrogens is 271 g/mol. The van der Waals surface area contributed by atoms with E-state index in [1.165, 1.54) is 6.33 Å². The van der Waals surface area contributed by atoms with Crippen LogP contribution in [0.3, 0.4) is 0 Å². The largest absolute Gasteiger partial charge is 0.243 e. The van der Waals surface area contributed by atoms with Crippen molar-refractivity contribution < 1.29 is 0 Å². The Kier molecular flexibility index (Phi) is 2.89. The number of aromatic nitrogens is 4. The third kappa shape index (κ3) is 1.94. The van der Waals surface area contributed by atoms with Gasteiger partial charge in [-0.3, -0.25) is 0 Å². The molecule has 0 saturated heterocycles. The molecule has 90 valence electrons. The molecule has 18 heavy (non-hydrogen) atoms. The van der Waals surface area contributed by atoms with Crippen molar-refractivity contribution in [3.05, 3.63) is 52.5 Å². The Morgan fingerprint density at radius 3 is 2.78 bits per heavy atom. The Morgan fingerprint density at radius 2 is 1.94 bits per heavy atom. The van der Waals surface area contributed by atoms with Crippen molar-refractivity contribution in [3.8, 4) is 0 Å². The van der Waals surface area contributed by atoms with Gasteiger partial charge in [-0.1, -0.05) is 41.4 Å². The molecule has 0 amide bonds. The molecule has 2 heterocycles. The van der Waals surface area contributed by atoms with Gasteiger partial charge in [0.1, 0.15) is 11.5 Å². The summed E-state index contributed by atoms with van der Waals surface area (Å²) in [4.78, 5) is 8.11. The third-order valence-corrected chi connectivity index (χ3v) is 3.33. The van der Waals surface area contributed by atoms with Gasteiger partial charge in [-0.15, -0.1) is 0 Å². The minimum atomic E-state index is 0.408. The molecule has 3 rings (SSSR count). The summed E-state index contributed by atoms with van der Waals surface area (Å²) >= 11 is 12.1. The van der Waals surface area contributed by atoms with Crippen LogP contribution in [-0.2, 0) is 6.54 Å². The fraction of sp³-hybridized carbons (Fsp3) is 0.0833. The number of hydrogen-bond acceptors (Lipinski definition) is 3. The van der Waals surface area contributed by atoms with Gasteiger partial charge in [0.25, 0.3) is 0 Å². The van der Waals surface area contributed by atoms with Crippen LogP contribution in [-0.4, -0.2) is 19.7 Å². The number of benzene rings is 1. The van der Waals surface area contributed by atoms with E-state index in [4.69, 9.17) is 23.2 Å². The number of rotatable bonds is 2. The molecule has 0 radical (unpaired) electrons. The molecule has 3 aromatic rings. The maximum absolute atomic E-state index is 6.12. The van der Waals surface area contributed by atoms with Crippen LogP contribution >= 0.6 is 23.2 Å². The van der Waals surface area contributed by atoms with Gasteiger partial charge in [-0.2, -0.15) is 5.10 Å². The summed E-state index contributed by atoms with van der Waals surface area (Å²) < 4.78 is 1.75. The number of hydrogen-bond donors (Lipinski definition) is 0. The van der Waals surface area contributed by atoms with Gasteiger partial charge in [-0.25, -0.2) is 14.6 Å². The fourth-order valence-corrected chi connectivity index (χ4v) is 2.14. The second kappa shape index (κ2) is 4.55. The molecule has 0 N–H and O–H groups in total. The Hall–Kier alpha value is -1.65. The molecule has 2 aromatic heterocycles. The van der Waals surface area contributed by atoms with Gasteiger partial charge in [0.15, 0.2) is 5.65 Å². The van der Waals surface area contributed by atoms with Gasteiger partial charge >= 0.3 is 0 Å². The SMILES string of the molecule is Clc1ccccc1Cn1ncc2c(Cl)ncnc21. The zero-order valence-electron chi connectivity index (χ0n) is 9.22. The first kappa shape index (κ1) is 11.4. The summed E-state index contributed by atoms with van der Waals surface area (Å²) in [6.07, 6.45) is 3.09. The van der Waals surface area contributed by atoms with Gasteiger partial charge < -0.3 is 0 Å². The molecule has 6 heteroatoms. The molecule has 0 bridgehead atoms. The van der Waals surface area contributed by atoms with Gasteiger partial charge in [0.2, 0.25) is 0 Å². The number of halogens is 2. The van der Waals surface area contributed by atoms with Crippen LogP contribution in [0.15, 0.2) is 36.8 Å². The highest BCUT2D eigenvalue weighted by molar-refractivity contribution is 6.33. The molecule has 0 aliphatic rings. The van der Waals surface area contributed by atoms with Crippen LogP contribution in [0.5, 0.6) is 0 Å². The molecular formula is C12H8Cl2N4. The molecule has 1 aromatic carbocycles. The quantitative estimate of drug-likeness (QED) is 0.677. The summed E-state index contributed by atoms with van der Waals surface area (Å²) in [5.74, 6) is 0. The summed E-state index contributed by atoms with van der Waals surface area (Å²) in [6.45, 7) is 0.552. The minimum Gasteiger partial charge on any atom is -0.243 e. The summed E-state index contributed by atoms with van der Waals surface area (Å²) in [7, 11) is 0. The molecule has 0 spiro atoms. The minimum absolute atomic E-state index is 0.408. The lowest BCUT2D eigenvalue weighted by molar-refractivity contribution is 0.704. The first-order valence-corrected chi connectivity index (χ1v) is 6.07. The predicted octanol–water partition coefficient (Wildman–Crippen LogP) is 3.18. The highest BCUT2D eigenvalue weighted by atomic mass is 35.5. The average molecular weight is 279 g/mol. The van der Waals surface area contributed by atoms with Crippen molar-refractivity contribution in [1.29, 1.82) is 0 Å². The van der Waals surface area contributed by atoms with E-state index in [2.05, 4.69) is 15.1 Å². The smallest absolute Gasteiger partial charge is 0.162 e. The van der Waals surface area contributed by atoms with Crippen molar-refractivity contribution in [3.63, 3.8) is 0 Å². The lowest BCUT2D eigenvalue weighted by atomic mass is 10.2. The normalized spacial score (nSPS) is 11.0. The molecule has 0 aliphatic heterocycles. The van der Waals surface area contributed by atoms with E-state index >= 15 is 0 Å². The van der Waals surface area contributed by atoms with Gasteiger partial charge in [-0.05, 0) is 11.6 Å². The van der Waals surface area contributed by atoms with E-state index < -0.39 is 0 Å². The van der Waals surface area contributed by atoms with Crippen LogP contribution in [0.1, 0.15) is 5.56 Å². The Balaban J connectivity index is 2.06. The van der Waals surface area contributed by atoms with Crippen LogP contribution in [0.2, 0.25) is 10.2 Å². The second-order valence-electron chi connectivity index (χ2n) is 3.80. The highest BCUT2D eigenvalue weighted by Gasteiger charge is 2.09. The monoisotopic (exact) mass is 278 g/mol. The molecule has 0 atom stereocenters. The van der Waals surface area contributed by atoms with Crippen LogP contribution in [0, 0.1) is 0 Å². The van der Waals surface area contributed by atoms with E-state index in [9.17, 15) is 0 Å². The topological polar surface area (TPSA) is 43.6 Å². The number of nitrogens with zero attached hydrogens (tertiary/aromatic N) is 4. The lowest BCUT2D eigenvalue weighted by Gasteiger charge is -2.05. The van der Waals surface area contributed by atoms with E-state index in [1.54, 1.807) is 10.9 Å². The van der Waals surface area contributed by atoms with Gasteiger partial charge in [0, 0.05) is 5.02 Å². The highest BCUT2D eigenvalue weighted by Crippen LogP contribution is 2.21. The van der Waals surface area contributed by atoms with E-state index in [1.807, 2.05) is 24.3 Å². The Bertz CT molecular complexity index is 708. The molecule has 0 unspecified atom stereocenters. The van der Waals surface area contributed by atoms with E-state index in [0.717, 1.165) is 10.9 Å². The summed E-state index contributed by atoms with van der Waals surface area (Å²) in [5.41, 5.74) is 1.69. The Morgan fingerprint density at radius 1 is 1.11 bits per heavy atom. The second-order valence-corrected chi connectivity index (χ2v) is 4.56. The molecule has 0 saturated carbocycles. The number of fused-ring (bicyclic) bond motifs is 1. The first-order chi connectivity index (χ1) is 8.75. The van der Waals surface area contributed by atoms with Crippen LogP contribution in [0.25, 0.3) is 11.0 Å². The van der Waals surface area contributed by atoms with Crippen LogP contribution in [0.4, 0.5) is 0 Å². The average Bonchev–Trinajstić information content (AvgIpc) is 2.77. The van der Waals surface area contributed by atoms with Crippen molar-refractivity contribution >= 4 is 34.2 Å². The van der Waals surface area contributed by atoms with E-state index in [-0.39, 0.29) is 0 Å². The summed E-state index contributed by atoms with van der Waals surface area (Å²) in [5, 5.41) is 6.12. The summed E-state index contributed by atoms with van der Waals surface area (Å²) in [6, 6.07) is 7.64. The molecule has 0 aliphatic carbocycles. The first-order valence-electron chi connectivity index (χ1n) is 5.31. The van der Waals surface area contributed by atoms with Gasteiger partial charge in [0.05, 0.1) is 18.1 Å². The van der Waals surface area contributed by atoms with E-state index in [0.29, 0.717) is 22.4 Å². The van der Waals surface area contributed by atoms with Crippen molar-refractivity contribution in [2.24, 2.45) is 0 Å². The molecule has 0 fully saturated rings. The Labute approximate surface area is 113 Å².